The predicted octanol–water partition coefficient (Wildman–Crippen LogP) is 4.30. The van der Waals surface area contributed by atoms with E-state index in [1.54, 1.807) is 0 Å². The molecule has 3 nitrogen and oxygen atoms in total. The molecule has 126 valence electrons. The number of carbonyl (C=O) groups excluding carboxylic acids is 1. The molecular weight excluding hydrogens is 322 g/mol. The van der Waals surface area contributed by atoms with Crippen LogP contribution in [0.2, 0.25) is 5.02 Å². The van der Waals surface area contributed by atoms with Gasteiger partial charge in [-0.25, -0.2) is 5.48 Å². The molecule has 3 rings (SSSR count). The molecule has 0 bridgehead atoms. The smallest absolute Gasteiger partial charge is 0.247 e. The minimum absolute atomic E-state index is 0.122. The molecule has 0 saturated carbocycles. The van der Waals surface area contributed by atoms with Gasteiger partial charge in [0.25, 0.3) is 0 Å². The number of hydroxylamine groups is 1. The number of hydrogen-bond acceptors (Lipinski definition) is 2. The minimum atomic E-state index is -0.278. The van der Waals surface area contributed by atoms with Crippen LogP contribution in [0.15, 0.2) is 42.5 Å². The SMILES string of the molecule is CC1c2cc(CCc3ccc(Cl)cc3)ccc2CCC1C(=O)NO. The second-order valence-electron chi connectivity index (χ2n) is 6.57. The van der Waals surface area contributed by atoms with Crippen LogP contribution in [0.5, 0.6) is 0 Å². The summed E-state index contributed by atoms with van der Waals surface area (Å²) in [4.78, 5) is 11.8. The molecule has 1 amide bonds. The third-order valence-corrected chi connectivity index (χ3v) is 5.34. The summed E-state index contributed by atoms with van der Waals surface area (Å²) < 4.78 is 0. The average molecular weight is 344 g/mol. The third-order valence-electron chi connectivity index (χ3n) is 5.09. The molecule has 2 N–H and O–H groups in total. The second-order valence-corrected chi connectivity index (χ2v) is 7.01. The molecule has 0 saturated heterocycles. The molecule has 4 heteroatoms. The van der Waals surface area contributed by atoms with E-state index in [0.29, 0.717) is 0 Å². The Morgan fingerprint density at radius 3 is 2.54 bits per heavy atom. The molecule has 2 aromatic carbocycles. The number of nitrogens with one attached hydrogen (secondary N) is 1. The lowest BCUT2D eigenvalue weighted by Crippen LogP contribution is -2.34. The number of halogens is 1. The van der Waals surface area contributed by atoms with Crippen LogP contribution in [0.3, 0.4) is 0 Å². The van der Waals surface area contributed by atoms with E-state index in [9.17, 15) is 4.79 Å². The number of aryl methyl sites for hydroxylation is 3. The Kier molecular flexibility index (Phi) is 5.22. The summed E-state index contributed by atoms with van der Waals surface area (Å²) in [6.07, 6.45) is 3.59. The van der Waals surface area contributed by atoms with Crippen LogP contribution in [0.25, 0.3) is 0 Å². The number of fused-ring (bicyclic) bond motifs is 1. The first-order chi connectivity index (χ1) is 11.6. The predicted molar refractivity (Wildman–Crippen MR) is 95.5 cm³/mol. The van der Waals surface area contributed by atoms with E-state index in [4.69, 9.17) is 16.8 Å². The molecule has 2 unspecified atom stereocenters. The maximum absolute atomic E-state index is 11.8. The van der Waals surface area contributed by atoms with Crippen LogP contribution in [0.1, 0.15) is 41.5 Å². The van der Waals surface area contributed by atoms with Crippen LogP contribution < -0.4 is 5.48 Å². The zero-order chi connectivity index (χ0) is 17.1. The molecule has 0 aliphatic heterocycles. The Balaban J connectivity index is 1.74. The van der Waals surface area contributed by atoms with Gasteiger partial charge in [0.15, 0.2) is 0 Å². The monoisotopic (exact) mass is 343 g/mol. The van der Waals surface area contributed by atoms with Crippen molar-refractivity contribution in [2.45, 2.75) is 38.5 Å². The first kappa shape index (κ1) is 17.0. The van der Waals surface area contributed by atoms with Gasteiger partial charge in [-0.3, -0.25) is 10.0 Å². The molecule has 24 heavy (non-hydrogen) atoms. The highest BCUT2D eigenvalue weighted by molar-refractivity contribution is 6.30. The van der Waals surface area contributed by atoms with E-state index >= 15 is 0 Å². The highest BCUT2D eigenvalue weighted by Gasteiger charge is 2.31. The third kappa shape index (κ3) is 3.63. The topological polar surface area (TPSA) is 49.3 Å². The van der Waals surface area contributed by atoms with Gasteiger partial charge < -0.3 is 0 Å². The molecule has 0 fully saturated rings. The normalized spacial score (nSPS) is 19.6. The van der Waals surface area contributed by atoms with Crippen molar-refractivity contribution in [3.8, 4) is 0 Å². The quantitative estimate of drug-likeness (QED) is 0.642. The van der Waals surface area contributed by atoms with E-state index in [-0.39, 0.29) is 17.7 Å². The number of carbonyl (C=O) groups is 1. The first-order valence-corrected chi connectivity index (χ1v) is 8.76. The van der Waals surface area contributed by atoms with Crippen LogP contribution in [0, 0.1) is 5.92 Å². The summed E-state index contributed by atoms with van der Waals surface area (Å²) in [6.45, 7) is 2.07. The summed E-state index contributed by atoms with van der Waals surface area (Å²) in [5.74, 6) is -0.315. The Morgan fingerprint density at radius 2 is 1.83 bits per heavy atom. The van der Waals surface area contributed by atoms with Crippen molar-refractivity contribution in [2.24, 2.45) is 5.92 Å². The van der Waals surface area contributed by atoms with Crippen molar-refractivity contribution in [1.29, 1.82) is 0 Å². The highest BCUT2D eigenvalue weighted by atomic mass is 35.5. The van der Waals surface area contributed by atoms with Gasteiger partial charge in [-0.05, 0) is 66.0 Å². The summed E-state index contributed by atoms with van der Waals surface area (Å²) in [5.41, 5.74) is 6.92. The molecular formula is C20H22ClNO2. The average Bonchev–Trinajstić information content (AvgIpc) is 2.61. The van der Waals surface area contributed by atoms with Gasteiger partial charge >= 0.3 is 0 Å². The van der Waals surface area contributed by atoms with Gasteiger partial charge in [0.05, 0.1) is 0 Å². The van der Waals surface area contributed by atoms with Crippen molar-refractivity contribution in [3.63, 3.8) is 0 Å². The first-order valence-electron chi connectivity index (χ1n) is 8.38. The second kappa shape index (κ2) is 7.37. The van der Waals surface area contributed by atoms with E-state index in [1.165, 1.54) is 22.3 Å². The number of benzene rings is 2. The van der Waals surface area contributed by atoms with Crippen LogP contribution in [-0.4, -0.2) is 11.1 Å². The highest BCUT2D eigenvalue weighted by Crippen LogP contribution is 2.36. The van der Waals surface area contributed by atoms with Crippen molar-refractivity contribution in [2.75, 3.05) is 0 Å². The molecule has 1 aliphatic carbocycles. The van der Waals surface area contributed by atoms with Gasteiger partial charge in [-0.2, -0.15) is 0 Å². The zero-order valence-electron chi connectivity index (χ0n) is 13.8. The molecule has 0 spiro atoms. The van der Waals surface area contributed by atoms with E-state index in [0.717, 1.165) is 30.7 Å². The maximum atomic E-state index is 11.8. The Labute approximate surface area is 147 Å². The van der Waals surface area contributed by atoms with Crippen molar-refractivity contribution >= 4 is 17.5 Å². The summed E-state index contributed by atoms with van der Waals surface area (Å²) in [7, 11) is 0. The number of amides is 1. The molecule has 0 radical (unpaired) electrons. The summed E-state index contributed by atoms with van der Waals surface area (Å²) in [5, 5.41) is 9.69. The molecule has 0 aromatic heterocycles. The van der Waals surface area contributed by atoms with E-state index in [1.807, 2.05) is 17.6 Å². The molecule has 2 atom stereocenters. The van der Waals surface area contributed by atoms with E-state index in [2.05, 4.69) is 37.3 Å². The molecule has 0 heterocycles. The lowest BCUT2D eigenvalue weighted by atomic mass is 9.75. The maximum Gasteiger partial charge on any atom is 0.247 e. The van der Waals surface area contributed by atoms with Gasteiger partial charge in [0, 0.05) is 10.9 Å². The van der Waals surface area contributed by atoms with Crippen molar-refractivity contribution in [3.05, 3.63) is 69.7 Å². The Hall–Kier alpha value is -1.84. The fraction of sp³-hybridized carbons (Fsp3) is 0.350. The fourth-order valence-electron chi connectivity index (χ4n) is 3.61. The van der Waals surface area contributed by atoms with Gasteiger partial charge in [-0.1, -0.05) is 48.9 Å². The Bertz CT molecular complexity index is 727. The zero-order valence-corrected chi connectivity index (χ0v) is 14.5. The lowest BCUT2D eigenvalue weighted by Gasteiger charge is -2.30. The summed E-state index contributed by atoms with van der Waals surface area (Å²) >= 11 is 5.92. The van der Waals surface area contributed by atoms with Gasteiger partial charge in [-0.15, -0.1) is 0 Å². The fourth-order valence-corrected chi connectivity index (χ4v) is 3.74. The molecule has 2 aromatic rings. The summed E-state index contributed by atoms with van der Waals surface area (Å²) in [6, 6.07) is 14.6. The van der Waals surface area contributed by atoms with Crippen LogP contribution >= 0.6 is 11.6 Å². The largest absolute Gasteiger partial charge is 0.289 e. The minimum Gasteiger partial charge on any atom is -0.289 e. The molecule has 1 aliphatic rings. The van der Waals surface area contributed by atoms with Crippen LogP contribution in [-0.2, 0) is 24.1 Å². The van der Waals surface area contributed by atoms with Crippen LogP contribution in [0.4, 0.5) is 0 Å². The van der Waals surface area contributed by atoms with Gasteiger partial charge in [0.1, 0.15) is 0 Å². The van der Waals surface area contributed by atoms with E-state index < -0.39 is 0 Å². The van der Waals surface area contributed by atoms with Crippen molar-refractivity contribution < 1.29 is 10.0 Å². The lowest BCUT2D eigenvalue weighted by molar-refractivity contribution is -0.134. The number of rotatable bonds is 4. The number of hydrogen-bond donors (Lipinski definition) is 2. The van der Waals surface area contributed by atoms with Crippen molar-refractivity contribution in [1.82, 2.24) is 5.48 Å². The van der Waals surface area contributed by atoms with Gasteiger partial charge in [0.2, 0.25) is 5.91 Å². The standard InChI is InChI=1S/C20H22ClNO2/c1-13-18(20(23)22-24)11-8-16-7-4-15(12-19(13)16)3-2-14-5-9-17(21)10-6-14/h4-7,9-10,12-13,18,24H,2-3,8,11H2,1H3,(H,22,23). The Morgan fingerprint density at radius 1 is 1.17 bits per heavy atom.